The van der Waals surface area contributed by atoms with E-state index < -0.39 is 4.92 Å². The fraction of sp³-hybridized carbons (Fsp3) is 0.111. The van der Waals surface area contributed by atoms with Crippen molar-refractivity contribution in [3.05, 3.63) is 33.3 Å². The van der Waals surface area contributed by atoms with Crippen molar-refractivity contribution < 1.29 is 9.72 Å². The summed E-state index contributed by atoms with van der Waals surface area (Å²) >= 11 is 7.09. The average Bonchev–Trinajstić information content (AvgIpc) is 2.67. The number of nitro groups is 1. The Labute approximate surface area is 105 Å². The van der Waals surface area contributed by atoms with Gasteiger partial charge in [0.05, 0.1) is 21.4 Å². The van der Waals surface area contributed by atoms with Crippen molar-refractivity contribution in [3.8, 4) is 0 Å². The number of carbonyl (C=O) groups is 1. The average molecular weight is 272 g/mol. The fourth-order valence-corrected chi connectivity index (χ4v) is 2.04. The summed E-state index contributed by atoms with van der Waals surface area (Å²) in [6.07, 6.45) is 0. The number of hydrogen-bond donors (Lipinski definition) is 1. The molecule has 0 aliphatic carbocycles. The number of amides is 1. The van der Waals surface area contributed by atoms with Gasteiger partial charge in [-0.3, -0.25) is 14.9 Å². The van der Waals surface area contributed by atoms with Gasteiger partial charge in [0.25, 0.3) is 5.69 Å². The molecule has 8 heteroatoms. The van der Waals surface area contributed by atoms with Gasteiger partial charge >= 0.3 is 0 Å². The largest absolute Gasteiger partial charge is 0.304 e. The van der Waals surface area contributed by atoms with Gasteiger partial charge < -0.3 is 5.32 Å². The van der Waals surface area contributed by atoms with Gasteiger partial charge in [-0.1, -0.05) is 23.4 Å². The molecule has 1 N–H and O–H groups in total. The Kier molecular flexibility index (Phi) is 3.30. The standard InChI is InChI=1S/C9H6ClN3O3S/c10-6-2-1-5(13(15)16)3-7(6)11-9-12-8(14)4-17-9/h1-3H,4H2,(H,11,12,14). The predicted molar refractivity (Wildman–Crippen MR) is 65.8 cm³/mol. The maximum atomic E-state index is 10.9. The number of rotatable bonds is 2. The first-order chi connectivity index (χ1) is 8.06. The van der Waals surface area contributed by atoms with Crippen LogP contribution in [0.5, 0.6) is 0 Å². The van der Waals surface area contributed by atoms with Gasteiger partial charge in [0.15, 0.2) is 5.17 Å². The van der Waals surface area contributed by atoms with Gasteiger partial charge in [-0.15, -0.1) is 0 Å². The van der Waals surface area contributed by atoms with Crippen molar-refractivity contribution in [1.29, 1.82) is 0 Å². The molecule has 1 aromatic rings. The highest BCUT2D eigenvalue weighted by Crippen LogP contribution is 2.30. The van der Waals surface area contributed by atoms with E-state index in [1.165, 1.54) is 30.0 Å². The Morgan fingerprint density at radius 3 is 2.88 bits per heavy atom. The molecule has 0 aromatic heterocycles. The minimum atomic E-state index is -0.527. The van der Waals surface area contributed by atoms with Crippen LogP contribution in [0.1, 0.15) is 0 Å². The van der Waals surface area contributed by atoms with Crippen molar-refractivity contribution >= 4 is 45.8 Å². The van der Waals surface area contributed by atoms with Gasteiger partial charge in [-0.05, 0) is 6.07 Å². The lowest BCUT2D eigenvalue weighted by Gasteiger charge is -2.00. The smallest absolute Gasteiger partial charge is 0.271 e. The van der Waals surface area contributed by atoms with Crippen molar-refractivity contribution in [1.82, 2.24) is 5.32 Å². The van der Waals surface area contributed by atoms with Crippen LogP contribution >= 0.6 is 23.4 Å². The zero-order valence-corrected chi connectivity index (χ0v) is 9.92. The molecular weight excluding hydrogens is 266 g/mol. The zero-order valence-electron chi connectivity index (χ0n) is 8.34. The molecule has 1 amide bonds. The molecule has 6 nitrogen and oxygen atoms in total. The normalized spacial score (nSPS) is 17.2. The summed E-state index contributed by atoms with van der Waals surface area (Å²) in [6, 6.07) is 3.97. The second-order valence-electron chi connectivity index (χ2n) is 3.15. The lowest BCUT2D eigenvalue weighted by atomic mass is 10.3. The number of thioether (sulfide) groups is 1. The third-order valence-electron chi connectivity index (χ3n) is 1.95. The Hall–Kier alpha value is -1.60. The predicted octanol–water partition coefficient (Wildman–Crippen LogP) is 2.10. The molecule has 0 spiro atoms. The number of nitrogens with one attached hydrogen (secondary N) is 1. The van der Waals surface area contributed by atoms with Crippen LogP contribution < -0.4 is 5.32 Å². The number of aliphatic imine (C=N–C) groups is 1. The van der Waals surface area contributed by atoms with E-state index in [9.17, 15) is 14.9 Å². The van der Waals surface area contributed by atoms with E-state index in [-0.39, 0.29) is 17.3 Å². The summed E-state index contributed by atoms with van der Waals surface area (Å²) in [5.41, 5.74) is 0.175. The molecular formula is C9H6ClN3O3S. The summed E-state index contributed by atoms with van der Waals surface area (Å²) in [5, 5.41) is 13.8. The first-order valence-electron chi connectivity index (χ1n) is 4.51. The quantitative estimate of drug-likeness (QED) is 0.659. The second-order valence-corrected chi connectivity index (χ2v) is 4.52. The van der Waals surface area contributed by atoms with Crippen LogP contribution in [0.15, 0.2) is 23.2 Å². The summed E-state index contributed by atoms with van der Waals surface area (Å²) in [5.74, 6) is 0.154. The number of benzene rings is 1. The molecule has 88 valence electrons. The van der Waals surface area contributed by atoms with Crippen LogP contribution in [0.3, 0.4) is 0 Å². The first kappa shape index (κ1) is 11.9. The number of halogens is 1. The van der Waals surface area contributed by atoms with Crippen molar-refractivity contribution in [3.63, 3.8) is 0 Å². The topological polar surface area (TPSA) is 84.6 Å². The van der Waals surface area contributed by atoms with Crippen LogP contribution in [0.25, 0.3) is 0 Å². The number of carbonyl (C=O) groups excluding carboxylic acids is 1. The summed E-state index contributed by atoms with van der Waals surface area (Å²) in [6.45, 7) is 0. The fourth-order valence-electron chi connectivity index (χ4n) is 1.20. The Balaban J connectivity index is 2.34. The molecule has 0 unspecified atom stereocenters. The van der Waals surface area contributed by atoms with Crippen LogP contribution in [0.4, 0.5) is 11.4 Å². The number of nitro benzene ring substituents is 1. The Bertz CT molecular complexity index is 532. The van der Waals surface area contributed by atoms with Gasteiger partial charge in [0.1, 0.15) is 0 Å². The SMILES string of the molecule is O=C1CS/C(=N\c2cc([N+](=O)[O-])ccc2Cl)N1. The van der Waals surface area contributed by atoms with Crippen LogP contribution in [0, 0.1) is 10.1 Å². The van der Waals surface area contributed by atoms with E-state index in [1.54, 1.807) is 0 Å². The number of hydrogen-bond acceptors (Lipinski definition) is 5. The van der Waals surface area contributed by atoms with E-state index in [2.05, 4.69) is 10.3 Å². The molecule has 1 fully saturated rings. The highest BCUT2D eigenvalue weighted by molar-refractivity contribution is 8.15. The molecule has 0 bridgehead atoms. The molecule has 1 aromatic carbocycles. The van der Waals surface area contributed by atoms with Gasteiger partial charge in [-0.25, -0.2) is 4.99 Å². The van der Waals surface area contributed by atoms with E-state index in [0.717, 1.165) is 0 Å². The Morgan fingerprint density at radius 2 is 2.29 bits per heavy atom. The van der Waals surface area contributed by atoms with Crippen LogP contribution in [0.2, 0.25) is 5.02 Å². The lowest BCUT2D eigenvalue weighted by Crippen LogP contribution is -2.19. The number of nitrogens with zero attached hydrogens (tertiary/aromatic N) is 2. The third kappa shape index (κ3) is 2.75. The third-order valence-corrected chi connectivity index (χ3v) is 3.14. The summed E-state index contributed by atoms with van der Waals surface area (Å²) in [7, 11) is 0. The van der Waals surface area contributed by atoms with Gasteiger partial charge in [-0.2, -0.15) is 0 Å². The van der Waals surface area contributed by atoms with E-state index in [0.29, 0.717) is 15.9 Å². The van der Waals surface area contributed by atoms with Crippen LogP contribution in [-0.2, 0) is 4.79 Å². The summed E-state index contributed by atoms with van der Waals surface area (Å²) < 4.78 is 0. The highest BCUT2D eigenvalue weighted by Gasteiger charge is 2.17. The van der Waals surface area contributed by atoms with Crippen LogP contribution in [-0.4, -0.2) is 21.8 Å². The van der Waals surface area contributed by atoms with E-state index >= 15 is 0 Å². The molecule has 1 saturated heterocycles. The minimum absolute atomic E-state index is 0.0944. The Morgan fingerprint density at radius 1 is 1.53 bits per heavy atom. The zero-order chi connectivity index (χ0) is 12.4. The number of amidine groups is 1. The minimum Gasteiger partial charge on any atom is -0.304 e. The molecule has 0 radical (unpaired) electrons. The van der Waals surface area contributed by atoms with E-state index in [4.69, 9.17) is 11.6 Å². The van der Waals surface area contributed by atoms with Gasteiger partial charge in [0, 0.05) is 12.1 Å². The first-order valence-corrected chi connectivity index (χ1v) is 5.88. The summed E-state index contributed by atoms with van der Waals surface area (Å²) in [4.78, 5) is 25.1. The van der Waals surface area contributed by atoms with Crippen molar-refractivity contribution in [2.75, 3.05) is 5.75 Å². The maximum absolute atomic E-state index is 10.9. The molecule has 2 rings (SSSR count). The molecule has 17 heavy (non-hydrogen) atoms. The molecule has 1 heterocycles. The number of non-ortho nitro benzene ring substituents is 1. The second kappa shape index (κ2) is 4.72. The lowest BCUT2D eigenvalue weighted by molar-refractivity contribution is -0.384. The van der Waals surface area contributed by atoms with E-state index in [1.807, 2.05) is 0 Å². The molecule has 0 saturated carbocycles. The highest BCUT2D eigenvalue weighted by atomic mass is 35.5. The molecule has 1 aliphatic rings. The van der Waals surface area contributed by atoms with Crippen molar-refractivity contribution in [2.45, 2.75) is 0 Å². The molecule has 1 aliphatic heterocycles. The monoisotopic (exact) mass is 271 g/mol. The van der Waals surface area contributed by atoms with Crippen molar-refractivity contribution in [2.24, 2.45) is 4.99 Å². The molecule has 0 atom stereocenters. The maximum Gasteiger partial charge on any atom is 0.271 e. The van der Waals surface area contributed by atoms with Gasteiger partial charge in [0.2, 0.25) is 5.91 Å².